The summed E-state index contributed by atoms with van der Waals surface area (Å²) in [6.45, 7) is 0. The van der Waals surface area contributed by atoms with Crippen molar-refractivity contribution in [3.8, 4) is 6.07 Å². The van der Waals surface area contributed by atoms with Crippen LogP contribution in [0.1, 0.15) is 36.0 Å². The largest absolute Gasteiger partial charge is 0.334 e. The third-order valence-electron chi connectivity index (χ3n) is 3.43. The predicted octanol–water partition coefficient (Wildman–Crippen LogP) is 2.30. The Labute approximate surface area is 114 Å². The predicted molar refractivity (Wildman–Crippen MR) is 67.3 cm³/mol. The van der Waals surface area contributed by atoms with Gasteiger partial charge in [0.2, 0.25) is 0 Å². The standard InChI is InChI=1S/C13H12FN3O3/c14-11-4-3-9(17(19)20)7-10(11)12(18)16-13(8-15)5-1-2-6-13/h3-4,7H,1-2,5-6H2,(H,16,18). The van der Waals surface area contributed by atoms with Gasteiger partial charge in [0.25, 0.3) is 11.6 Å². The Morgan fingerprint density at radius 1 is 1.45 bits per heavy atom. The number of amides is 1. The van der Waals surface area contributed by atoms with Crippen molar-refractivity contribution >= 4 is 11.6 Å². The molecule has 0 unspecified atom stereocenters. The van der Waals surface area contributed by atoms with E-state index in [4.69, 9.17) is 5.26 Å². The van der Waals surface area contributed by atoms with E-state index in [1.807, 2.05) is 6.07 Å². The van der Waals surface area contributed by atoms with E-state index in [1.54, 1.807) is 0 Å². The Hall–Kier alpha value is -2.49. The van der Waals surface area contributed by atoms with Crippen LogP contribution in [0.3, 0.4) is 0 Å². The van der Waals surface area contributed by atoms with Crippen molar-refractivity contribution in [2.75, 3.05) is 0 Å². The van der Waals surface area contributed by atoms with Gasteiger partial charge in [-0.05, 0) is 31.7 Å². The summed E-state index contributed by atoms with van der Waals surface area (Å²) < 4.78 is 13.6. The number of halogens is 1. The second kappa shape index (κ2) is 5.25. The highest BCUT2D eigenvalue weighted by atomic mass is 19.1. The summed E-state index contributed by atoms with van der Waals surface area (Å²) in [5, 5.41) is 22.3. The Balaban J connectivity index is 2.27. The molecule has 1 aliphatic rings. The van der Waals surface area contributed by atoms with Crippen molar-refractivity contribution in [1.29, 1.82) is 5.26 Å². The fourth-order valence-corrected chi connectivity index (χ4v) is 2.33. The fourth-order valence-electron chi connectivity index (χ4n) is 2.33. The van der Waals surface area contributed by atoms with E-state index in [0.717, 1.165) is 31.0 Å². The summed E-state index contributed by atoms with van der Waals surface area (Å²) in [5.74, 6) is -1.64. The van der Waals surface area contributed by atoms with E-state index in [9.17, 15) is 19.3 Å². The van der Waals surface area contributed by atoms with E-state index in [0.29, 0.717) is 12.8 Å². The van der Waals surface area contributed by atoms with E-state index < -0.39 is 27.8 Å². The van der Waals surface area contributed by atoms with Crippen LogP contribution in [0.5, 0.6) is 0 Å². The van der Waals surface area contributed by atoms with E-state index >= 15 is 0 Å². The van der Waals surface area contributed by atoms with Crippen LogP contribution in [-0.4, -0.2) is 16.4 Å². The molecule has 2 rings (SSSR count). The van der Waals surface area contributed by atoms with Crippen molar-refractivity contribution in [3.05, 3.63) is 39.7 Å². The Morgan fingerprint density at radius 2 is 2.10 bits per heavy atom. The van der Waals surface area contributed by atoms with Gasteiger partial charge >= 0.3 is 0 Å². The first-order valence-corrected chi connectivity index (χ1v) is 6.15. The van der Waals surface area contributed by atoms with Gasteiger partial charge in [0.15, 0.2) is 0 Å². The molecule has 1 aromatic rings. The van der Waals surface area contributed by atoms with E-state index in [-0.39, 0.29) is 5.69 Å². The lowest BCUT2D eigenvalue weighted by atomic mass is 9.99. The molecular formula is C13H12FN3O3. The number of hydrogen-bond donors (Lipinski definition) is 1. The molecule has 0 atom stereocenters. The number of carbonyl (C=O) groups excluding carboxylic acids is 1. The number of nitrogens with one attached hydrogen (secondary N) is 1. The number of nitro benzene ring substituents is 1. The van der Waals surface area contributed by atoms with Gasteiger partial charge in [0.1, 0.15) is 11.4 Å². The van der Waals surface area contributed by atoms with Crippen LogP contribution >= 0.6 is 0 Å². The smallest absolute Gasteiger partial charge is 0.270 e. The van der Waals surface area contributed by atoms with Gasteiger partial charge in [-0.3, -0.25) is 14.9 Å². The zero-order valence-electron chi connectivity index (χ0n) is 10.6. The average molecular weight is 277 g/mol. The molecule has 0 radical (unpaired) electrons. The molecule has 0 bridgehead atoms. The quantitative estimate of drug-likeness (QED) is 0.677. The topological polar surface area (TPSA) is 96.0 Å². The molecule has 104 valence electrons. The number of carbonyl (C=O) groups is 1. The highest BCUT2D eigenvalue weighted by Crippen LogP contribution is 2.29. The first kappa shape index (κ1) is 13.9. The van der Waals surface area contributed by atoms with Crippen LogP contribution in [-0.2, 0) is 0 Å². The number of benzene rings is 1. The Bertz CT molecular complexity index is 603. The summed E-state index contributed by atoms with van der Waals surface area (Å²) in [4.78, 5) is 22.0. The van der Waals surface area contributed by atoms with Crippen molar-refractivity contribution in [2.45, 2.75) is 31.2 Å². The molecule has 0 heterocycles. The molecule has 0 saturated heterocycles. The van der Waals surface area contributed by atoms with Crippen LogP contribution in [0.4, 0.5) is 10.1 Å². The maximum absolute atomic E-state index is 13.6. The van der Waals surface area contributed by atoms with E-state index in [2.05, 4.69) is 5.32 Å². The van der Waals surface area contributed by atoms with Gasteiger partial charge in [-0.25, -0.2) is 4.39 Å². The molecular weight excluding hydrogens is 265 g/mol. The number of hydrogen-bond acceptors (Lipinski definition) is 4. The minimum Gasteiger partial charge on any atom is -0.334 e. The van der Waals surface area contributed by atoms with Gasteiger partial charge in [0.05, 0.1) is 16.6 Å². The number of nitriles is 1. The zero-order chi connectivity index (χ0) is 14.8. The van der Waals surface area contributed by atoms with E-state index in [1.165, 1.54) is 0 Å². The fraction of sp³-hybridized carbons (Fsp3) is 0.385. The maximum atomic E-state index is 13.6. The molecule has 0 aromatic heterocycles. The first-order valence-electron chi connectivity index (χ1n) is 6.15. The molecule has 1 amide bonds. The second-order valence-electron chi connectivity index (χ2n) is 4.78. The molecule has 0 spiro atoms. The Kier molecular flexibility index (Phi) is 3.66. The number of nitrogens with zero attached hydrogens (tertiary/aromatic N) is 2. The third kappa shape index (κ3) is 2.59. The van der Waals surface area contributed by atoms with Gasteiger partial charge < -0.3 is 5.32 Å². The van der Waals surface area contributed by atoms with Crippen molar-refractivity contribution in [2.24, 2.45) is 0 Å². The number of non-ortho nitro benzene ring substituents is 1. The molecule has 1 aliphatic carbocycles. The van der Waals surface area contributed by atoms with Gasteiger partial charge in [-0.2, -0.15) is 5.26 Å². The van der Waals surface area contributed by atoms with Gasteiger partial charge in [-0.1, -0.05) is 0 Å². The van der Waals surface area contributed by atoms with Crippen LogP contribution in [0, 0.1) is 27.3 Å². The SMILES string of the molecule is N#CC1(NC(=O)c2cc([N+](=O)[O-])ccc2F)CCCC1. The monoisotopic (exact) mass is 277 g/mol. The van der Waals surface area contributed by atoms with Crippen molar-refractivity contribution < 1.29 is 14.1 Å². The van der Waals surface area contributed by atoms with Crippen LogP contribution in [0.15, 0.2) is 18.2 Å². The normalized spacial score (nSPS) is 16.4. The van der Waals surface area contributed by atoms with Crippen LogP contribution < -0.4 is 5.32 Å². The van der Waals surface area contributed by atoms with Gasteiger partial charge in [0, 0.05) is 12.1 Å². The lowest BCUT2D eigenvalue weighted by Crippen LogP contribution is -2.45. The summed E-state index contributed by atoms with van der Waals surface area (Å²) in [6, 6.07) is 4.79. The molecule has 1 fully saturated rings. The van der Waals surface area contributed by atoms with Crippen molar-refractivity contribution in [1.82, 2.24) is 5.32 Å². The molecule has 1 saturated carbocycles. The van der Waals surface area contributed by atoms with Crippen molar-refractivity contribution in [3.63, 3.8) is 0 Å². The molecule has 7 heteroatoms. The van der Waals surface area contributed by atoms with Crippen LogP contribution in [0.2, 0.25) is 0 Å². The molecule has 20 heavy (non-hydrogen) atoms. The molecule has 0 aliphatic heterocycles. The first-order chi connectivity index (χ1) is 9.47. The average Bonchev–Trinajstić information content (AvgIpc) is 2.88. The lowest BCUT2D eigenvalue weighted by Gasteiger charge is -2.22. The minimum absolute atomic E-state index is 0.367. The molecule has 6 nitrogen and oxygen atoms in total. The van der Waals surface area contributed by atoms with Crippen LogP contribution in [0.25, 0.3) is 0 Å². The second-order valence-corrected chi connectivity index (χ2v) is 4.78. The summed E-state index contributed by atoms with van der Waals surface area (Å²) in [7, 11) is 0. The molecule has 1 N–H and O–H groups in total. The minimum atomic E-state index is -0.992. The summed E-state index contributed by atoms with van der Waals surface area (Å²) >= 11 is 0. The number of rotatable bonds is 3. The molecule has 1 aromatic carbocycles. The third-order valence-corrected chi connectivity index (χ3v) is 3.43. The number of nitro groups is 1. The highest BCUT2D eigenvalue weighted by molar-refractivity contribution is 5.95. The zero-order valence-corrected chi connectivity index (χ0v) is 10.6. The maximum Gasteiger partial charge on any atom is 0.270 e. The summed E-state index contributed by atoms with van der Waals surface area (Å²) in [5.41, 5.74) is -1.77. The lowest BCUT2D eigenvalue weighted by molar-refractivity contribution is -0.384. The van der Waals surface area contributed by atoms with Gasteiger partial charge in [-0.15, -0.1) is 0 Å². The Morgan fingerprint density at radius 3 is 2.65 bits per heavy atom. The highest BCUT2D eigenvalue weighted by Gasteiger charge is 2.36. The summed E-state index contributed by atoms with van der Waals surface area (Å²) in [6.07, 6.45) is 2.63.